The Kier molecular flexibility index (Phi) is 5.99. The highest BCUT2D eigenvalue weighted by molar-refractivity contribution is 5.85. The van der Waals surface area contributed by atoms with E-state index in [2.05, 4.69) is 24.1 Å². The first-order valence-electron chi connectivity index (χ1n) is 6.87. The number of primary amides is 1. The van der Waals surface area contributed by atoms with Crippen LogP contribution in [0.3, 0.4) is 0 Å². The number of likely N-dealkylation sites (N-methyl/N-ethyl adjacent to an activating group) is 1. The van der Waals surface area contributed by atoms with E-state index in [-0.39, 0.29) is 5.91 Å². The van der Waals surface area contributed by atoms with E-state index in [1.807, 2.05) is 37.3 Å². The molecule has 4 nitrogen and oxygen atoms in total. The van der Waals surface area contributed by atoms with Gasteiger partial charge in [-0.15, -0.1) is 0 Å². The summed E-state index contributed by atoms with van der Waals surface area (Å²) in [7, 11) is 0. The highest BCUT2D eigenvalue weighted by Crippen LogP contribution is 2.19. The van der Waals surface area contributed by atoms with Crippen LogP contribution >= 0.6 is 0 Å². The van der Waals surface area contributed by atoms with Gasteiger partial charge in [0.2, 0.25) is 5.91 Å². The van der Waals surface area contributed by atoms with E-state index < -0.39 is 5.54 Å². The molecule has 0 aromatic heterocycles. The Morgan fingerprint density at radius 3 is 2.32 bits per heavy atom. The lowest BCUT2D eigenvalue weighted by atomic mass is 9.91. The number of amides is 1. The first-order valence-corrected chi connectivity index (χ1v) is 6.87. The molecule has 0 saturated heterocycles. The van der Waals surface area contributed by atoms with Crippen molar-refractivity contribution >= 4 is 5.91 Å². The Balaban J connectivity index is 2.71. The molecule has 1 amide bonds. The zero-order valence-electron chi connectivity index (χ0n) is 12.1. The van der Waals surface area contributed by atoms with Crippen LogP contribution in [0.5, 0.6) is 0 Å². The van der Waals surface area contributed by atoms with Crippen molar-refractivity contribution in [1.82, 2.24) is 10.2 Å². The maximum absolute atomic E-state index is 11.8. The molecule has 19 heavy (non-hydrogen) atoms. The predicted octanol–water partition coefficient (Wildman–Crippen LogP) is 1.32. The van der Waals surface area contributed by atoms with Crippen molar-refractivity contribution in [1.29, 1.82) is 0 Å². The maximum atomic E-state index is 11.8. The molecule has 106 valence electrons. The lowest BCUT2D eigenvalue weighted by Crippen LogP contribution is -2.52. The van der Waals surface area contributed by atoms with Crippen LogP contribution in [0.4, 0.5) is 0 Å². The van der Waals surface area contributed by atoms with Crippen molar-refractivity contribution in [2.45, 2.75) is 26.3 Å². The SMILES string of the molecule is CCN(CC)CCNC(C)(C(N)=O)c1ccccc1. The smallest absolute Gasteiger partial charge is 0.242 e. The summed E-state index contributed by atoms with van der Waals surface area (Å²) in [6.07, 6.45) is 0. The summed E-state index contributed by atoms with van der Waals surface area (Å²) in [6, 6.07) is 9.62. The second kappa shape index (κ2) is 7.26. The minimum absolute atomic E-state index is 0.349. The fourth-order valence-electron chi connectivity index (χ4n) is 2.11. The van der Waals surface area contributed by atoms with Crippen molar-refractivity contribution in [3.05, 3.63) is 35.9 Å². The Labute approximate surface area is 116 Å². The van der Waals surface area contributed by atoms with Gasteiger partial charge in [-0.2, -0.15) is 0 Å². The third-order valence-corrected chi connectivity index (χ3v) is 3.64. The number of benzene rings is 1. The molecule has 0 aliphatic carbocycles. The van der Waals surface area contributed by atoms with Gasteiger partial charge >= 0.3 is 0 Å². The largest absolute Gasteiger partial charge is 0.368 e. The minimum Gasteiger partial charge on any atom is -0.368 e. The molecule has 1 rings (SSSR count). The van der Waals surface area contributed by atoms with Crippen molar-refractivity contribution in [3.8, 4) is 0 Å². The topological polar surface area (TPSA) is 58.4 Å². The predicted molar refractivity (Wildman–Crippen MR) is 78.8 cm³/mol. The van der Waals surface area contributed by atoms with Crippen molar-refractivity contribution in [2.75, 3.05) is 26.2 Å². The van der Waals surface area contributed by atoms with Crippen LogP contribution < -0.4 is 11.1 Å². The van der Waals surface area contributed by atoms with E-state index in [0.29, 0.717) is 0 Å². The molecule has 0 saturated carbocycles. The molecule has 0 radical (unpaired) electrons. The van der Waals surface area contributed by atoms with Gasteiger partial charge in [-0.1, -0.05) is 44.2 Å². The van der Waals surface area contributed by atoms with E-state index >= 15 is 0 Å². The van der Waals surface area contributed by atoms with Crippen LogP contribution in [0.2, 0.25) is 0 Å². The first kappa shape index (κ1) is 15.7. The minimum atomic E-state index is -0.811. The van der Waals surface area contributed by atoms with Crippen molar-refractivity contribution < 1.29 is 4.79 Å². The van der Waals surface area contributed by atoms with Crippen molar-refractivity contribution in [3.63, 3.8) is 0 Å². The van der Waals surface area contributed by atoms with Crippen LogP contribution in [0.25, 0.3) is 0 Å². The third kappa shape index (κ3) is 4.04. The van der Waals surface area contributed by atoms with E-state index in [9.17, 15) is 4.79 Å². The molecule has 0 fully saturated rings. The number of hydrogen-bond donors (Lipinski definition) is 2. The lowest BCUT2D eigenvalue weighted by Gasteiger charge is -2.29. The molecule has 1 atom stereocenters. The Bertz CT molecular complexity index is 390. The molecule has 0 aliphatic heterocycles. The maximum Gasteiger partial charge on any atom is 0.242 e. The van der Waals surface area contributed by atoms with Gasteiger partial charge < -0.3 is 10.6 Å². The zero-order valence-corrected chi connectivity index (χ0v) is 12.1. The average molecular weight is 263 g/mol. The Morgan fingerprint density at radius 2 is 1.84 bits per heavy atom. The number of hydrogen-bond acceptors (Lipinski definition) is 3. The molecular weight excluding hydrogens is 238 g/mol. The second-order valence-electron chi connectivity index (χ2n) is 4.81. The molecule has 0 aliphatic rings. The molecular formula is C15H25N3O. The number of rotatable bonds is 8. The van der Waals surface area contributed by atoms with Crippen LogP contribution in [0, 0.1) is 0 Å². The van der Waals surface area contributed by atoms with Crippen LogP contribution in [0.1, 0.15) is 26.3 Å². The zero-order chi connectivity index (χ0) is 14.3. The van der Waals surface area contributed by atoms with Gasteiger partial charge in [-0.3, -0.25) is 10.1 Å². The summed E-state index contributed by atoms with van der Waals surface area (Å²) in [5, 5.41) is 3.29. The molecule has 1 unspecified atom stereocenters. The van der Waals surface area contributed by atoms with E-state index in [1.54, 1.807) is 0 Å². The van der Waals surface area contributed by atoms with Crippen LogP contribution in [-0.2, 0) is 10.3 Å². The summed E-state index contributed by atoms with van der Waals surface area (Å²) in [5.74, 6) is -0.349. The standard InChI is InChI=1S/C15H25N3O/c1-4-18(5-2)12-11-17-15(3,14(16)19)13-9-7-6-8-10-13/h6-10,17H,4-5,11-12H2,1-3H3,(H2,16,19). The highest BCUT2D eigenvalue weighted by Gasteiger charge is 2.32. The summed E-state index contributed by atoms with van der Waals surface area (Å²) < 4.78 is 0. The molecule has 0 bridgehead atoms. The number of nitrogens with two attached hydrogens (primary N) is 1. The van der Waals surface area contributed by atoms with Crippen LogP contribution in [0.15, 0.2) is 30.3 Å². The normalized spacial score (nSPS) is 14.3. The van der Waals surface area contributed by atoms with E-state index in [4.69, 9.17) is 5.73 Å². The number of nitrogens with one attached hydrogen (secondary N) is 1. The number of carbonyl (C=O) groups excluding carboxylic acids is 1. The van der Waals surface area contributed by atoms with Gasteiger partial charge in [0.05, 0.1) is 0 Å². The summed E-state index contributed by atoms with van der Waals surface area (Å²) in [5.41, 5.74) is 5.66. The lowest BCUT2D eigenvalue weighted by molar-refractivity contribution is -0.124. The fourth-order valence-corrected chi connectivity index (χ4v) is 2.11. The van der Waals surface area contributed by atoms with Crippen LogP contribution in [-0.4, -0.2) is 37.0 Å². The first-order chi connectivity index (χ1) is 9.04. The summed E-state index contributed by atoms with van der Waals surface area (Å²) in [6.45, 7) is 9.77. The molecule has 0 spiro atoms. The summed E-state index contributed by atoms with van der Waals surface area (Å²) in [4.78, 5) is 14.1. The molecule has 0 heterocycles. The van der Waals surface area contributed by atoms with Gasteiger partial charge in [0, 0.05) is 13.1 Å². The Hall–Kier alpha value is -1.39. The monoisotopic (exact) mass is 263 g/mol. The number of nitrogens with zero attached hydrogens (tertiary/aromatic N) is 1. The van der Waals surface area contributed by atoms with Gasteiger partial charge in [-0.05, 0) is 25.6 Å². The number of carbonyl (C=O) groups is 1. The highest BCUT2D eigenvalue weighted by atomic mass is 16.1. The van der Waals surface area contributed by atoms with Gasteiger partial charge in [0.15, 0.2) is 0 Å². The second-order valence-corrected chi connectivity index (χ2v) is 4.81. The summed E-state index contributed by atoms with van der Waals surface area (Å²) >= 11 is 0. The quantitative estimate of drug-likeness (QED) is 0.743. The van der Waals surface area contributed by atoms with E-state index in [0.717, 1.165) is 31.7 Å². The molecule has 1 aromatic rings. The van der Waals surface area contributed by atoms with Gasteiger partial charge in [-0.25, -0.2) is 0 Å². The Morgan fingerprint density at radius 1 is 1.26 bits per heavy atom. The van der Waals surface area contributed by atoms with Crippen molar-refractivity contribution in [2.24, 2.45) is 5.73 Å². The third-order valence-electron chi connectivity index (χ3n) is 3.64. The average Bonchev–Trinajstić information content (AvgIpc) is 2.44. The molecule has 4 heteroatoms. The van der Waals surface area contributed by atoms with E-state index in [1.165, 1.54) is 0 Å². The molecule has 3 N–H and O–H groups in total. The fraction of sp³-hybridized carbons (Fsp3) is 0.533. The van der Waals surface area contributed by atoms with Gasteiger partial charge in [0.25, 0.3) is 0 Å². The molecule has 1 aromatic carbocycles. The van der Waals surface area contributed by atoms with Gasteiger partial charge in [0.1, 0.15) is 5.54 Å².